The topological polar surface area (TPSA) is 78.1 Å². The number of carbonyl (C=O) groups excluding carboxylic acids is 1. The van der Waals surface area contributed by atoms with Crippen molar-refractivity contribution in [3.05, 3.63) is 28.4 Å². The molecule has 0 aliphatic carbocycles. The van der Waals surface area contributed by atoms with Crippen molar-refractivity contribution >= 4 is 5.91 Å². The second-order valence-corrected chi connectivity index (χ2v) is 4.78. The van der Waals surface area contributed by atoms with Gasteiger partial charge in [0.1, 0.15) is 5.69 Å². The van der Waals surface area contributed by atoms with Gasteiger partial charge in [0.2, 0.25) is 0 Å². The first kappa shape index (κ1) is 14.4. The van der Waals surface area contributed by atoms with Crippen LogP contribution in [0.4, 0.5) is 0 Å². The van der Waals surface area contributed by atoms with Gasteiger partial charge in [0.25, 0.3) is 11.5 Å². The first-order chi connectivity index (χ1) is 8.41. The van der Waals surface area contributed by atoms with Gasteiger partial charge in [-0.3, -0.25) is 9.59 Å². The third kappa shape index (κ3) is 3.96. The highest BCUT2D eigenvalue weighted by molar-refractivity contribution is 5.91. The van der Waals surface area contributed by atoms with Gasteiger partial charge in [-0.15, -0.1) is 0 Å². The minimum atomic E-state index is -0.320. The van der Waals surface area contributed by atoms with E-state index in [1.165, 1.54) is 6.20 Å². The van der Waals surface area contributed by atoms with E-state index >= 15 is 0 Å². The van der Waals surface area contributed by atoms with E-state index in [4.69, 9.17) is 0 Å². The molecule has 0 spiro atoms. The number of rotatable bonds is 5. The molecule has 0 fully saturated rings. The van der Waals surface area contributed by atoms with Crippen molar-refractivity contribution in [1.82, 2.24) is 20.2 Å². The number of aromatic amines is 1. The molecule has 0 radical (unpaired) electrons. The summed E-state index contributed by atoms with van der Waals surface area (Å²) in [5, 5.41) is 2.82. The first-order valence-corrected chi connectivity index (χ1v) is 5.91. The van der Waals surface area contributed by atoms with Gasteiger partial charge in [-0.25, -0.2) is 4.98 Å². The van der Waals surface area contributed by atoms with Crippen LogP contribution in [-0.2, 0) is 0 Å². The zero-order chi connectivity index (χ0) is 13.7. The van der Waals surface area contributed by atoms with Crippen LogP contribution in [-0.4, -0.2) is 47.5 Å². The smallest absolute Gasteiger partial charge is 0.271 e. The normalized spacial score (nSPS) is 12.8. The molecule has 0 saturated carbocycles. The minimum absolute atomic E-state index is 0.218. The maximum Gasteiger partial charge on any atom is 0.271 e. The van der Waals surface area contributed by atoms with Crippen LogP contribution >= 0.6 is 0 Å². The van der Waals surface area contributed by atoms with E-state index < -0.39 is 0 Å². The van der Waals surface area contributed by atoms with Crippen LogP contribution in [0.1, 0.15) is 24.3 Å². The monoisotopic (exact) mass is 252 g/mol. The highest BCUT2D eigenvalue weighted by Crippen LogP contribution is 2.06. The van der Waals surface area contributed by atoms with Crippen LogP contribution in [0, 0.1) is 5.92 Å². The molecule has 1 aromatic rings. The Labute approximate surface area is 106 Å². The maximum atomic E-state index is 11.8. The van der Waals surface area contributed by atoms with E-state index in [1.807, 2.05) is 14.1 Å². The lowest BCUT2D eigenvalue weighted by Crippen LogP contribution is -2.43. The Morgan fingerprint density at radius 2 is 2.17 bits per heavy atom. The van der Waals surface area contributed by atoms with Crippen LogP contribution in [0.15, 0.2) is 17.2 Å². The number of amides is 1. The van der Waals surface area contributed by atoms with Gasteiger partial charge in [0, 0.05) is 18.8 Å². The largest absolute Gasteiger partial charge is 0.349 e. The van der Waals surface area contributed by atoms with Gasteiger partial charge in [-0.05, 0) is 20.0 Å². The highest BCUT2D eigenvalue weighted by Gasteiger charge is 2.17. The number of H-pyrrole nitrogens is 1. The van der Waals surface area contributed by atoms with Crippen molar-refractivity contribution in [1.29, 1.82) is 0 Å². The number of aromatic nitrogens is 2. The van der Waals surface area contributed by atoms with E-state index in [0.717, 1.165) is 6.20 Å². The van der Waals surface area contributed by atoms with Crippen molar-refractivity contribution in [3.8, 4) is 0 Å². The number of hydrogen-bond donors (Lipinski definition) is 2. The summed E-state index contributed by atoms with van der Waals surface area (Å²) in [7, 11) is 3.96. The molecule has 1 heterocycles. The molecule has 1 rings (SSSR count). The lowest BCUT2D eigenvalue weighted by molar-refractivity contribution is 0.0929. The fraction of sp³-hybridized carbons (Fsp3) is 0.583. The van der Waals surface area contributed by atoms with Gasteiger partial charge < -0.3 is 15.2 Å². The second kappa shape index (κ2) is 6.30. The Kier molecular flexibility index (Phi) is 5.03. The SMILES string of the molecule is CC(C)[C@@H](CNC(=O)c1c[nH]c(=O)cn1)N(C)C. The molecule has 1 amide bonds. The van der Waals surface area contributed by atoms with Gasteiger partial charge in [0.15, 0.2) is 0 Å². The molecule has 6 heteroatoms. The molecule has 6 nitrogen and oxygen atoms in total. The van der Waals surface area contributed by atoms with Crippen LogP contribution in [0.25, 0.3) is 0 Å². The second-order valence-electron chi connectivity index (χ2n) is 4.78. The Bertz CT molecular complexity index is 425. The molecular formula is C12H20N4O2. The van der Waals surface area contributed by atoms with Gasteiger partial charge in [0.05, 0.1) is 6.20 Å². The van der Waals surface area contributed by atoms with Gasteiger partial charge >= 0.3 is 0 Å². The molecule has 0 aromatic carbocycles. The summed E-state index contributed by atoms with van der Waals surface area (Å²) in [6, 6.07) is 0.261. The van der Waals surface area contributed by atoms with Crippen molar-refractivity contribution < 1.29 is 4.79 Å². The van der Waals surface area contributed by atoms with Crippen LogP contribution in [0.2, 0.25) is 0 Å². The van der Waals surface area contributed by atoms with Gasteiger partial charge in [-0.1, -0.05) is 13.8 Å². The lowest BCUT2D eigenvalue weighted by atomic mass is 10.0. The standard InChI is InChI=1S/C12H20N4O2/c1-8(2)10(16(3)4)6-15-12(18)9-5-14-11(17)7-13-9/h5,7-8,10H,6H2,1-4H3,(H,14,17)(H,15,18)/t10-/m1/s1. The average Bonchev–Trinajstić information content (AvgIpc) is 2.28. The quantitative estimate of drug-likeness (QED) is 0.778. The van der Waals surface area contributed by atoms with Crippen LogP contribution < -0.4 is 10.9 Å². The molecule has 2 N–H and O–H groups in total. The maximum absolute atomic E-state index is 11.8. The third-order valence-electron chi connectivity index (χ3n) is 2.81. The molecule has 1 aromatic heterocycles. The number of nitrogens with zero attached hydrogens (tertiary/aromatic N) is 2. The number of likely N-dealkylation sites (N-methyl/N-ethyl adjacent to an activating group) is 1. The van der Waals surface area contributed by atoms with E-state index in [1.54, 1.807) is 0 Å². The molecule has 0 bridgehead atoms. The number of carbonyl (C=O) groups is 1. The molecule has 18 heavy (non-hydrogen) atoms. The predicted octanol–water partition coefficient (Wildman–Crippen LogP) is 0.0859. The van der Waals surface area contributed by atoms with Crippen molar-refractivity contribution in [2.75, 3.05) is 20.6 Å². The summed E-state index contributed by atoms with van der Waals surface area (Å²) in [4.78, 5) is 30.9. The molecule has 1 atom stereocenters. The Morgan fingerprint density at radius 3 is 2.61 bits per heavy atom. The Hall–Kier alpha value is -1.69. The summed E-state index contributed by atoms with van der Waals surface area (Å²) < 4.78 is 0. The van der Waals surface area contributed by atoms with Crippen LogP contribution in [0.3, 0.4) is 0 Å². The molecule has 0 aliphatic heterocycles. The van der Waals surface area contributed by atoms with E-state index in [0.29, 0.717) is 12.5 Å². The zero-order valence-electron chi connectivity index (χ0n) is 11.2. The fourth-order valence-electron chi connectivity index (χ4n) is 1.77. The molecule has 0 saturated heterocycles. The molecule has 0 aliphatic rings. The predicted molar refractivity (Wildman–Crippen MR) is 69.5 cm³/mol. The lowest BCUT2D eigenvalue weighted by Gasteiger charge is -2.27. The average molecular weight is 252 g/mol. The van der Waals surface area contributed by atoms with E-state index in [2.05, 4.69) is 34.0 Å². The van der Waals surface area contributed by atoms with Crippen molar-refractivity contribution in [2.45, 2.75) is 19.9 Å². The Balaban J connectivity index is 2.60. The van der Waals surface area contributed by atoms with E-state index in [-0.39, 0.29) is 23.2 Å². The summed E-state index contributed by atoms with van der Waals surface area (Å²) in [6.07, 6.45) is 2.42. The summed E-state index contributed by atoms with van der Waals surface area (Å²) in [5.74, 6) is 0.155. The number of nitrogens with one attached hydrogen (secondary N) is 2. The zero-order valence-corrected chi connectivity index (χ0v) is 11.2. The summed E-state index contributed by atoms with van der Waals surface area (Å²) in [6.45, 7) is 4.76. The summed E-state index contributed by atoms with van der Waals surface area (Å²) in [5.41, 5.74) is -0.101. The fourth-order valence-corrected chi connectivity index (χ4v) is 1.77. The molecular weight excluding hydrogens is 232 g/mol. The third-order valence-corrected chi connectivity index (χ3v) is 2.81. The minimum Gasteiger partial charge on any atom is -0.349 e. The molecule has 0 unspecified atom stereocenters. The Morgan fingerprint density at radius 1 is 1.50 bits per heavy atom. The highest BCUT2D eigenvalue weighted by atomic mass is 16.2. The number of hydrogen-bond acceptors (Lipinski definition) is 4. The van der Waals surface area contributed by atoms with Crippen LogP contribution in [0.5, 0.6) is 0 Å². The van der Waals surface area contributed by atoms with Crippen molar-refractivity contribution in [3.63, 3.8) is 0 Å². The summed E-state index contributed by atoms with van der Waals surface area (Å²) >= 11 is 0. The van der Waals surface area contributed by atoms with Crippen molar-refractivity contribution in [2.24, 2.45) is 5.92 Å². The van der Waals surface area contributed by atoms with E-state index in [9.17, 15) is 9.59 Å². The van der Waals surface area contributed by atoms with Gasteiger partial charge in [-0.2, -0.15) is 0 Å². The molecule has 100 valence electrons. The first-order valence-electron chi connectivity index (χ1n) is 5.91.